The Morgan fingerprint density at radius 2 is 2.05 bits per heavy atom. The van der Waals surface area contributed by atoms with Crippen LogP contribution in [0, 0.1) is 19.7 Å². The van der Waals surface area contributed by atoms with E-state index in [4.69, 9.17) is 4.74 Å². The quantitative estimate of drug-likeness (QED) is 0.913. The second-order valence-corrected chi connectivity index (χ2v) is 5.04. The maximum Gasteiger partial charge on any atom is 0.146 e. The minimum absolute atomic E-state index is 0.263. The van der Waals surface area contributed by atoms with Gasteiger partial charge in [0.25, 0.3) is 0 Å². The van der Waals surface area contributed by atoms with Gasteiger partial charge in [-0.05, 0) is 55.3 Å². The topological polar surface area (TPSA) is 34.1 Å². The lowest BCUT2D eigenvalue weighted by molar-refractivity contribution is 0.411. The van der Waals surface area contributed by atoms with Crippen LogP contribution in [0.4, 0.5) is 4.39 Å². The molecule has 1 aromatic carbocycles. The molecule has 0 aliphatic rings. The van der Waals surface area contributed by atoms with Gasteiger partial charge in [0.2, 0.25) is 0 Å². The van der Waals surface area contributed by atoms with Crippen molar-refractivity contribution in [3.8, 4) is 5.75 Å². The number of nitrogens with zero attached hydrogens (tertiary/aromatic N) is 1. The zero-order valence-corrected chi connectivity index (χ0v) is 12.9. The lowest BCUT2D eigenvalue weighted by Crippen LogP contribution is -2.25. The molecule has 1 unspecified atom stereocenters. The largest absolute Gasteiger partial charge is 0.496 e. The molecular weight excluding hydrogens is 267 g/mol. The number of hydrogen-bond acceptors (Lipinski definition) is 3. The van der Waals surface area contributed by atoms with Gasteiger partial charge >= 0.3 is 0 Å². The van der Waals surface area contributed by atoms with Crippen molar-refractivity contribution in [2.75, 3.05) is 13.7 Å². The molecule has 2 aromatic rings. The number of halogens is 1. The first kappa shape index (κ1) is 15.4. The van der Waals surface area contributed by atoms with E-state index in [1.54, 1.807) is 19.4 Å². The average molecular weight is 288 g/mol. The van der Waals surface area contributed by atoms with Gasteiger partial charge in [0.1, 0.15) is 11.6 Å². The SMILES string of the molecule is CCNC(c1cc(C)c(OC)cc1C)c1ncccc1F. The van der Waals surface area contributed by atoms with Gasteiger partial charge in [0.15, 0.2) is 0 Å². The standard InChI is InChI=1S/C17H21FN2O/c1-5-19-16(17-14(18)7-6-8-20-17)13-9-12(3)15(21-4)10-11(13)2/h6-10,16,19H,5H2,1-4H3. The first-order valence-electron chi connectivity index (χ1n) is 7.07. The van der Waals surface area contributed by atoms with Gasteiger partial charge in [0.05, 0.1) is 18.8 Å². The number of benzene rings is 1. The van der Waals surface area contributed by atoms with E-state index in [1.165, 1.54) is 6.07 Å². The molecule has 4 heteroatoms. The third-order valence-electron chi connectivity index (χ3n) is 3.56. The summed E-state index contributed by atoms with van der Waals surface area (Å²) in [6.45, 7) is 6.72. The second kappa shape index (κ2) is 6.68. The second-order valence-electron chi connectivity index (χ2n) is 5.04. The van der Waals surface area contributed by atoms with Crippen molar-refractivity contribution in [2.45, 2.75) is 26.8 Å². The monoisotopic (exact) mass is 288 g/mol. The first-order chi connectivity index (χ1) is 10.1. The Labute approximate surface area is 125 Å². The van der Waals surface area contributed by atoms with Crippen molar-refractivity contribution in [3.05, 3.63) is 58.7 Å². The number of pyridine rings is 1. The molecule has 2 rings (SSSR count). The van der Waals surface area contributed by atoms with Gasteiger partial charge in [-0.15, -0.1) is 0 Å². The smallest absolute Gasteiger partial charge is 0.146 e. The highest BCUT2D eigenvalue weighted by Crippen LogP contribution is 2.30. The number of ether oxygens (including phenoxy) is 1. The molecule has 1 atom stereocenters. The molecule has 21 heavy (non-hydrogen) atoms. The highest BCUT2D eigenvalue weighted by atomic mass is 19.1. The summed E-state index contributed by atoms with van der Waals surface area (Å²) in [4.78, 5) is 4.22. The van der Waals surface area contributed by atoms with E-state index in [0.29, 0.717) is 5.69 Å². The van der Waals surface area contributed by atoms with Crippen molar-refractivity contribution in [1.29, 1.82) is 0 Å². The fourth-order valence-corrected chi connectivity index (χ4v) is 2.51. The molecule has 0 saturated carbocycles. The summed E-state index contributed by atoms with van der Waals surface area (Å²) in [6, 6.07) is 6.80. The molecule has 0 amide bonds. The zero-order valence-electron chi connectivity index (χ0n) is 12.9. The van der Waals surface area contributed by atoms with Crippen LogP contribution in [-0.4, -0.2) is 18.6 Å². The number of aromatic nitrogens is 1. The molecule has 0 saturated heterocycles. The van der Waals surface area contributed by atoms with Crippen LogP contribution in [0.2, 0.25) is 0 Å². The van der Waals surface area contributed by atoms with Crippen LogP contribution >= 0.6 is 0 Å². The molecule has 112 valence electrons. The summed E-state index contributed by atoms with van der Waals surface area (Å²) < 4.78 is 19.4. The number of hydrogen-bond donors (Lipinski definition) is 1. The normalized spacial score (nSPS) is 12.2. The number of nitrogens with one attached hydrogen (secondary N) is 1. The Kier molecular flexibility index (Phi) is 4.91. The lowest BCUT2D eigenvalue weighted by Gasteiger charge is -2.22. The summed E-state index contributed by atoms with van der Waals surface area (Å²) in [6.07, 6.45) is 1.62. The molecule has 1 aromatic heterocycles. The third-order valence-corrected chi connectivity index (χ3v) is 3.56. The lowest BCUT2D eigenvalue weighted by atomic mass is 9.95. The molecule has 0 fully saturated rings. The number of aryl methyl sites for hydroxylation is 2. The Balaban J connectivity index is 2.53. The first-order valence-corrected chi connectivity index (χ1v) is 7.07. The molecule has 0 spiro atoms. The Bertz CT molecular complexity index is 628. The van der Waals surface area contributed by atoms with Crippen LogP contribution in [0.5, 0.6) is 5.75 Å². The van der Waals surface area contributed by atoms with E-state index >= 15 is 0 Å². The minimum Gasteiger partial charge on any atom is -0.496 e. The summed E-state index contributed by atoms with van der Waals surface area (Å²) >= 11 is 0. The molecule has 0 bridgehead atoms. The third kappa shape index (κ3) is 3.22. The van der Waals surface area contributed by atoms with Crippen LogP contribution in [0.15, 0.2) is 30.5 Å². The van der Waals surface area contributed by atoms with Crippen LogP contribution in [-0.2, 0) is 0 Å². The van der Waals surface area contributed by atoms with Gasteiger partial charge in [-0.3, -0.25) is 4.98 Å². The van der Waals surface area contributed by atoms with Crippen molar-refractivity contribution >= 4 is 0 Å². The van der Waals surface area contributed by atoms with E-state index < -0.39 is 0 Å². The zero-order chi connectivity index (χ0) is 15.4. The Hall–Kier alpha value is -1.94. The summed E-state index contributed by atoms with van der Waals surface area (Å²) in [5.41, 5.74) is 3.52. The summed E-state index contributed by atoms with van der Waals surface area (Å²) in [7, 11) is 1.65. The average Bonchev–Trinajstić information content (AvgIpc) is 2.48. The van der Waals surface area contributed by atoms with E-state index in [0.717, 1.165) is 29.0 Å². The van der Waals surface area contributed by atoms with Crippen LogP contribution in [0.3, 0.4) is 0 Å². The van der Waals surface area contributed by atoms with E-state index in [-0.39, 0.29) is 11.9 Å². The Morgan fingerprint density at radius 1 is 1.29 bits per heavy atom. The van der Waals surface area contributed by atoms with Crippen LogP contribution < -0.4 is 10.1 Å². The predicted octanol–water partition coefficient (Wildman–Crippen LogP) is 3.55. The van der Waals surface area contributed by atoms with Gasteiger partial charge in [-0.25, -0.2) is 4.39 Å². The molecule has 0 aliphatic carbocycles. The van der Waals surface area contributed by atoms with E-state index in [9.17, 15) is 4.39 Å². The molecule has 0 aliphatic heterocycles. The number of rotatable bonds is 5. The summed E-state index contributed by atoms with van der Waals surface area (Å²) in [5.74, 6) is 0.546. The number of methoxy groups -OCH3 is 1. The minimum atomic E-state index is -0.295. The Morgan fingerprint density at radius 3 is 2.67 bits per heavy atom. The van der Waals surface area contributed by atoms with Crippen LogP contribution in [0.1, 0.15) is 35.3 Å². The van der Waals surface area contributed by atoms with Crippen molar-refractivity contribution in [1.82, 2.24) is 10.3 Å². The molecule has 0 radical (unpaired) electrons. The molecule has 1 N–H and O–H groups in total. The van der Waals surface area contributed by atoms with Gasteiger partial charge in [-0.2, -0.15) is 0 Å². The molecule has 1 heterocycles. The van der Waals surface area contributed by atoms with Gasteiger partial charge in [0, 0.05) is 6.20 Å². The molecule has 3 nitrogen and oxygen atoms in total. The van der Waals surface area contributed by atoms with Crippen LogP contribution in [0.25, 0.3) is 0 Å². The van der Waals surface area contributed by atoms with E-state index in [2.05, 4.69) is 10.3 Å². The predicted molar refractivity (Wildman–Crippen MR) is 82.2 cm³/mol. The highest BCUT2D eigenvalue weighted by Gasteiger charge is 2.21. The van der Waals surface area contributed by atoms with Gasteiger partial charge in [-0.1, -0.05) is 13.0 Å². The van der Waals surface area contributed by atoms with Gasteiger partial charge < -0.3 is 10.1 Å². The summed E-state index contributed by atoms with van der Waals surface area (Å²) in [5, 5.41) is 3.32. The maximum absolute atomic E-state index is 14.1. The maximum atomic E-state index is 14.1. The fourth-order valence-electron chi connectivity index (χ4n) is 2.51. The van der Waals surface area contributed by atoms with Crippen molar-refractivity contribution < 1.29 is 9.13 Å². The highest BCUT2D eigenvalue weighted by molar-refractivity contribution is 5.45. The van der Waals surface area contributed by atoms with E-state index in [1.807, 2.05) is 32.9 Å². The van der Waals surface area contributed by atoms with Crippen molar-refractivity contribution in [3.63, 3.8) is 0 Å². The molecular formula is C17H21FN2O. The fraction of sp³-hybridized carbons (Fsp3) is 0.353. The van der Waals surface area contributed by atoms with Crippen molar-refractivity contribution in [2.24, 2.45) is 0 Å².